The molecule has 3 heteroatoms. The van der Waals surface area contributed by atoms with Crippen molar-refractivity contribution in [2.45, 2.75) is 96.1 Å². The van der Waals surface area contributed by atoms with Crippen LogP contribution in [0.5, 0.6) is 0 Å². The number of hydrogen-bond acceptors (Lipinski definition) is 2. The second-order valence-electron chi connectivity index (χ2n) is 6.30. The van der Waals surface area contributed by atoms with Gasteiger partial charge in [-0.3, -0.25) is 0 Å². The van der Waals surface area contributed by atoms with Crippen molar-refractivity contribution in [3.05, 3.63) is 17.9 Å². The van der Waals surface area contributed by atoms with E-state index in [-0.39, 0.29) is 6.61 Å². The lowest BCUT2D eigenvalue weighted by molar-refractivity contribution is 0.129. The summed E-state index contributed by atoms with van der Waals surface area (Å²) in [5, 5.41) is 9.67. The predicted octanol–water partition coefficient (Wildman–Crippen LogP) is 5.67. The van der Waals surface area contributed by atoms with Crippen LogP contribution in [0.2, 0.25) is 0 Å². The van der Waals surface area contributed by atoms with Gasteiger partial charge in [-0.2, -0.15) is 0 Å². The van der Waals surface area contributed by atoms with E-state index in [9.17, 15) is 5.11 Å². The maximum Gasteiger partial charge on any atom is 0.0581 e. The van der Waals surface area contributed by atoms with E-state index in [1.54, 1.807) is 13.2 Å². The standard InChI is InChI=1S/C19H38NO2/c1-3-4-5-6-7-8-9-10-11-12-13-14-15-16-19(21)18(20)17-22-2/h15-16,18-21H,3-14,17H2,1-2H3/q-1/b16-15+. The predicted molar refractivity (Wildman–Crippen MR) is 96.2 cm³/mol. The van der Waals surface area contributed by atoms with Crippen LogP contribution < -0.4 is 0 Å². The molecule has 0 aliphatic heterocycles. The Morgan fingerprint density at radius 3 is 1.91 bits per heavy atom. The third-order valence-corrected chi connectivity index (χ3v) is 4.07. The molecule has 0 aliphatic carbocycles. The van der Waals surface area contributed by atoms with Crippen molar-refractivity contribution in [2.75, 3.05) is 13.7 Å². The molecule has 0 aliphatic rings. The minimum absolute atomic E-state index is 0.282. The van der Waals surface area contributed by atoms with Gasteiger partial charge in [0.25, 0.3) is 0 Å². The maximum atomic E-state index is 9.67. The number of aliphatic hydroxyl groups excluding tert-OH is 1. The molecule has 0 bridgehead atoms. The van der Waals surface area contributed by atoms with Crippen LogP contribution in [0.3, 0.4) is 0 Å². The SMILES string of the molecule is CCCCCCCCCCCCC/C=C/C(O)C([NH-])COC. The quantitative estimate of drug-likeness (QED) is 0.295. The molecular formula is C19H38NO2-. The van der Waals surface area contributed by atoms with Crippen molar-refractivity contribution in [1.82, 2.24) is 0 Å². The van der Waals surface area contributed by atoms with Crippen molar-refractivity contribution in [1.29, 1.82) is 0 Å². The summed E-state index contributed by atoms with van der Waals surface area (Å²) in [5.74, 6) is 0. The number of nitrogens with one attached hydrogen (secondary N) is 1. The summed E-state index contributed by atoms with van der Waals surface area (Å²) in [7, 11) is 1.56. The zero-order valence-electron chi connectivity index (χ0n) is 14.9. The molecule has 0 aromatic heterocycles. The fourth-order valence-corrected chi connectivity index (χ4v) is 2.57. The third kappa shape index (κ3) is 14.6. The summed E-state index contributed by atoms with van der Waals surface area (Å²) >= 11 is 0. The second-order valence-corrected chi connectivity index (χ2v) is 6.30. The summed E-state index contributed by atoms with van der Waals surface area (Å²) in [5.41, 5.74) is 7.62. The smallest absolute Gasteiger partial charge is 0.0581 e. The highest BCUT2D eigenvalue weighted by molar-refractivity contribution is 4.97. The Bertz CT molecular complexity index is 244. The average Bonchev–Trinajstić information content (AvgIpc) is 2.51. The molecule has 0 aromatic rings. The van der Waals surface area contributed by atoms with Gasteiger partial charge in [0.2, 0.25) is 0 Å². The van der Waals surface area contributed by atoms with E-state index < -0.39 is 12.1 Å². The highest BCUT2D eigenvalue weighted by Crippen LogP contribution is 2.12. The van der Waals surface area contributed by atoms with E-state index in [0.29, 0.717) is 0 Å². The molecule has 2 atom stereocenters. The molecule has 2 unspecified atom stereocenters. The fraction of sp³-hybridized carbons (Fsp3) is 0.895. The molecule has 0 fully saturated rings. The van der Waals surface area contributed by atoms with Gasteiger partial charge in [0.05, 0.1) is 6.10 Å². The number of unbranched alkanes of at least 4 members (excludes halogenated alkanes) is 11. The first-order valence-corrected chi connectivity index (χ1v) is 9.27. The van der Waals surface area contributed by atoms with E-state index in [0.717, 1.165) is 6.42 Å². The lowest BCUT2D eigenvalue weighted by Crippen LogP contribution is -2.24. The molecule has 0 aromatic carbocycles. The van der Waals surface area contributed by atoms with E-state index >= 15 is 0 Å². The largest absolute Gasteiger partial charge is 0.670 e. The number of ether oxygens (including phenoxy) is 1. The number of aliphatic hydroxyl groups is 1. The van der Waals surface area contributed by atoms with Gasteiger partial charge < -0.3 is 15.6 Å². The van der Waals surface area contributed by atoms with Gasteiger partial charge in [-0.1, -0.05) is 89.3 Å². The lowest BCUT2D eigenvalue weighted by Gasteiger charge is -2.22. The second kappa shape index (κ2) is 17.0. The highest BCUT2D eigenvalue weighted by Gasteiger charge is 2.03. The van der Waals surface area contributed by atoms with Gasteiger partial charge in [-0.15, -0.1) is 0 Å². The maximum absolute atomic E-state index is 9.67. The van der Waals surface area contributed by atoms with Crippen molar-refractivity contribution < 1.29 is 9.84 Å². The van der Waals surface area contributed by atoms with Crippen LogP contribution in [0, 0.1) is 0 Å². The number of allylic oxidation sites excluding steroid dienone is 1. The summed E-state index contributed by atoms with van der Waals surface area (Å²) in [6.45, 7) is 2.55. The van der Waals surface area contributed by atoms with E-state index in [2.05, 4.69) is 6.92 Å². The number of hydrogen-bond donors (Lipinski definition) is 1. The Labute approximate surface area is 138 Å². The molecule has 0 radical (unpaired) electrons. The molecule has 0 saturated carbocycles. The molecule has 0 spiro atoms. The van der Waals surface area contributed by atoms with Gasteiger partial charge in [0, 0.05) is 13.7 Å². The Hall–Kier alpha value is -0.380. The highest BCUT2D eigenvalue weighted by atomic mass is 16.5. The van der Waals surface area contributed by atoms with Gasteiger partial charge in [-0.05, 0) is 12.8 Å². The molecule has 0 heterocycles. The molecule has 0 amide bonds. The molecule has 22 heavy (non-hydrogen) atoms. The van der Waals surface area contributed by atoms with Gasteiger partial charge in [0.15, 0.2) is 0 Å². The summed E-state index contributed by atoms with van der Waals surface area (Å²) in [4.78, 5) is 0. The van der Waals surface area contributed by atoms with Crippen LogP contribution in [0.15, 0.2) is 12.2 Å². The lowest BCUT2D eigenvalue weighted by atomic mass is 10.0. The number of methoxy groups -OCH3 is 1. The Morgan fingerprint density at radius 1 is 0.909 bits per heavy atom. The Kier molecular flexibility index (Phi) is 16.7. The first-order chi connectivity index (χ1) is 10.7. The van der Waals surface area contributed by atoms with Crippen molar-refractivity contribution in [2.24, 2.45) is 0 Å². The van der Waals surface area contributed by atoms with Crippen LogP contribution in [-0.2, 0) is 4.74 Å². The van der Waals surface area contributed by atoms with Crippen LogP contribution in [-0.4, -0.2) is 31.0 Å². The summed E-state index contributed by atoms with van der Waals surface area (Å²) < 4.78 is 4.86. The Balaban J connectivity index is 3.26. The van der Waals surface area contributed by atoms with Crippen LogP contribution in [0.4, 0.5) is 0 Å². The van der Waals surface area contributed by atoms with Crippen molar-refractivity contribution in [3.63, 3.8) is 0 Å². The molecule has 132 valence electrons. The van der Waals surface area contributed by atoms with Gasteiger partial charge in [0.1, 0.15) is 0 Å². The van der Waals surface area contributed by atoms with Gasteiger partial charge >= 0.3 is 0 Å². The summed E-state index contributed by atoms with van der Waals surface area (Å²) in [6.07, 6.45) is 19.0. The molecule has 2 N–H and O–H groups in total. The van der Waals surface area contributed by atoms with Gasteiger partial charge in [-0.25, -0.2) is 0 Å². The van der Waals surface area contributed by atoms with Crippen molar-refractivity contribution >= 4 is 0 Å². The average molecular weight is 313 g/mol. The van der Waals surface area contributed by atoms with Crippen LogP contribution in [0.1, 0.15) is 84.0 Å². The molecule has 0 rings (SSSR count). The third-order valence-electron chi connectivity index (χ3n) is 4.07. The first-order valence-electron chi connectivity index (χ1n) is 9.27. The van der Waals surface area contributed by atoms with E-state index in [1.807, 2.05) is 6.08 Å². The molecular weight excluding hydrogens is 274 g/mol. The van der Waals surface area contributed by atoms with Crippen molar-refractivity contribution in [3.8, 4) is 0 Å². The molecule has 0 saturated heterocycles. The normalized spacial score (nSPS) is 14.5. The van der Waals surface area contributed by atoms with Crippen LogP contribution >= 0.6 is 0 Å². The minimum atomic E-state index is -0.701. The zero-order chi connectivity index (χ0) is 16.5. The van der Waals surface area contributed by atoms with E-state index in [4.69, 9.17) is 10.5 Å². The zero-order valence-corrected chi connectivity index (χ0v) is 14.9. The number of rotatable bonds is 16. The minimum Gasteiger partial charge on any atom is -0.670 e. The first kappa shape index (κ1) is 21.6. The topological polar surface area (TPSA) is 53.3 Å². The van der Waals surface area contributed by atoms with Crippen LogP contribution in [0.25, 0.3) is 5.73 Å². The van der Waals surface area contributed by atoms with E-state index in [1.165, 1.54) is 70.6 Å². The Morgan fingerprint density at radius 2 is 1.41 bits per heavy atom. The fourth-order valence-electron chi connectivity index (χ4n) is 2.57. The monoisotopic (exact) mass is 312 g/mol. The summed E-state index contributed by atoms with van der Waals surface area (Å²) in [6, 6.07) is -0.571. The molecule has 3 nitrogen and oxygen atoms in total.